The van der Waals surface area contributed by atoms with Crippen LogP contribution in [0.2, 0.25) is 0 Å². The number of carbonyl (C=O) groups is 1. The van der Waals surface area contributed by atoms with Crippen molar-refractivity contribution in [3.05, 3.63) is 113 Å². The lowest BCUT2D eigenvalue weighted by atomic mass is 10.1. The summed E-state index contributed by atoms with van der Waals surface area (Å²) >= 11 is 1.04. The van der Waals surface area contributed by atoms with E-state index >= 15 is 0 Å². The molecule has 0 radical (unpaired) electrons. The minimum absolute atomic E-state index is 0.138. The normalized spacial score (nSPS) is 11.6. The molecule has 7 heteroatoms. The number of carboxylic acid groups (broad SMARTS) is 1. The van der Waals surface area contributed by atoms with Crippen molar-refractivity contribution in [1.82, 2.24) is 19.7 Å². The molecule has 37 heavy (non-hydrogen) atoms. The molecule has 0 aliphatic carbocycles. The van der Waals surface area contributed by atoms with Crippen molar-refractivity contribution < 1.29 is 9.90 Å². The van der Waals surface area contributed by atoms with Gasteiger partial charge in [-0.3, -0.25) is 5.10 Å². The number of carboxylic acids is 1. The van der Waals surface area contributed by atoms with Gasteiger partial charge in [-0.15, -0.1) is 5.10 Å². The second-order valence-electron chi connectivity index (χ2n) is 8.57. The maximum Gasteiger partial charge on any atom is 0.342 e. The maximum absolute atomic E-state index is 12.3. The van der Waals surface area contributed by atoms with Crippen molar-refractivity contribution >= 4 is 23.8 Å². The fraction of sp³-hybridized carbons (Fsp3) is 0.100. The van der Waals surface area contributed by atoms with Crippen molar-refractivity contribution in [2.45, 2.75) is 25.4 Å². The molecule has 5 aromatic rings. The average Bonchev–Trinajstić information content (AvgIpc) is 3.54. The van der Waals surface area contributed by atoms with Crippen molar-refractivity contribution in [1.29, 1.82) is 0 Å². The molecule has 0 aliphatic rings. The number of benzene rings is 3. The second-order valence-corrected chi connectivity index (χ2v) is 9.58. The molecule has 2 heterocycles. The van der Waals surface area contributed by atoms with Crippen molar-refractivity contribution in [3.63, 3.8) is 0 Å². The predicted octanol–water partition coefficient (Wildman–Crippen LogP) is 7.02. The Balaban J connectivity index is 1.76. The summed E-state index contributed by atoms with van der Waals surface area (Å²) in [6, 6.07) is 30.6. The number of aryl methyl sites for hydroxylation is 2. The van der Waals surface area contributed by atoms with E-state index in [0.29, 0.717) is 17.4 Å². The highest BCUT2D eigenvalue weighted by Gasteiger charge is 2.21. The summed E-state index contributed by atoms with van der Waals surface area (Å²) in [6.45, 7) is 4.03. The van der Waals surface area contributed by atoms with Crippen LogP contribution in [0.5, 0.6) is 0 Å². The Morgan fingerprint density at radius 2 is 1.62 bits per heavy atom. The highest BCUT2D eigenvalue weighted by Crippen LogP contribution is 2.38. The Labute approximate surface area is 219 Å². The molecule has 0 bridgehead atoms. The van der Waals surface area contributed by atoms with E-state index in [9.17, 15) is 9.90 Å². The third kappa shape index (κ3) is 5.27. The monoisotopic (exact) mass is 506 g/mol. The molecule has 0 saturated heterocycles. The number of rotatable bonds is 8. The molecule has 0 amide bonds. The first-order valence-corrected chi connectivity index (χ1v) is 12.8. The largest absolute Gasteiger partial charge is 0.477 e. The predicted molar refractivity (Wildman–Crippen MR) is 149 cm³/mol. The molecule has 2 aromatic heterocycles. The quantitative estimate of drug-likeness (QED) is 0.175. The molecule has 5 rings (SSSR count). The Kier molecular flexibility index (Phi) is 7.05. The second kappa shape index (κ2) is 10.7. The van der Waals surface area contributed by atoms with Gasteiger partial charge in [-0.2, -0.15) is 0 Å². The smallest absolute Gasteiger partial charge is 0.342 e. The molecule has 184 valence electrons. The number of aromatic nitrogens is 4. The molecule has 0 fully saturated rings. The zero-order chi connectivity index (χ0) is 25.8. The third-order valence-corrected chi connectivity index (χ3v) is 6.86. The molecule has 0 aliphatic heterocycles. The fourth-order valence-corrected chi connectivity index (χ4v) is 4.89. The van der Waals surface area contributed by atoms with Crippen LogP contribution in [0.4, 0.5) is 0 Å². The SMILES string of the molecule is CCc1nc(S/C(=C\c2cc(-c3ccccc3)n(-c3ccc(C)cc3)c2-c2ccccc2)C(=O)O)n[nH]1. The zero-order valence-corrected chi connectivity index (χ0v) is 21.4. The summed E-state index contributed by atoms with van der Waals surface area (Å²) in [5.74, 6) is -0.315. The van der Waals surface area contributed by atoms with Gasteiger partial charge in [-0.25, -0.2) is 9.78 Å². The maximum atomic E-state index is 12.3. The average molecular weight is 507 g/mol. The molecule has 0 spiro atoms. The minimum Gasteiger partial charge on any atom is -0.477 e. The van der Waals surface area contributed by atoms with E-state index < -0.39 is 5.97 Å². The standard InChI is InChI=1S/C30H26N4O2S/c1-3-27-31-30(33-32-27)37-26(29(35)36)19-23-18-25(21-10-6-4-7-11-21)34(24-16-14-20(2)15-17-24)28(23)22-12-8-5-9-13-22/h4-19H,3H2,1-2H3,(H,35,36)(H,31,32,33)/b26-19-. The summed E-state index contributed by atoms with van der Waals surface area (Å²) in [4.78, 5) is 16.9. The van der Waals surface area contributed by atoms with E-state index in [-0.39, 0.29) is 4.91 Å². The van der Waals surface area contributed by atoms with Crippen molar-refractivity contribution in [2.24, 2.45) is 0 Å². The van der Waals surface area contributed by atoms with Crippen LogP contribution in [-0.4, -0.2) is 30.8 Å². The van der Waals surface area contributed by atoms with E-state index in [2.05, 4.69) is 69.1 Å². The van der Waals surface area contributed by atoms with Crippen LogP contribution in [0, 0.1) is 6.92 Å². The van der Waals surface area contributed by atoms with Crippen LogP contribution in [-0.2, 0) is 11.2 Å². The summed E-state index contributed by atoms with van der Waals surface area (Å²) in [5, 5.41) is 17.5. The molecule has 0 saturated carbocycles. The first kappa shape index (κ1) is 24.3. The van der Waals surface area contributed by atoms with Crippen molar-refractivity contribution in [3.8, 4) is 28.2 Å². The Morgan fingerprint density at radius 3 is 2.22 bits per heavy atom. The highest BCUT2D eigenvalue weighted by atomic mass is 32.2. The summed E-state index contributed by atoms with van der Waals surface area (Å²) in [5.41, 5.74) is 6.85. The number of aliphatic carboxylic acids is 1. The lowest BCUT2D eigenvalue weighted by Gasteiger charge is -2.15. The lowest BCUT2D eigenvalue weighted by molar-refractivity contribution is -0.131. The molecule has 0 atom stereocenters. The van der Waals surface area contributed by atoms with Gasteiger partial charge in [0.1, 0.15) is 10.7 Å². The van der Waals surface area contributed by atoms with E-state index in [1.807, 2.05) is 55.5 Å². The van der Waals surface area contributed by atoms with Gasteiger partial charge in [-0.05, 0) is 54.1 Å². The minimum atomic E-state index is -1.03. The number of H-pyrrole nitrogens is 1. The van der Waals surface area contributed by atoms with Crippen LogP contribution in [0.3, 0.4) is 0 Å². The van der Waals surface area contributed by atoms with Crippen molar-refractivity contribution in [2.75, 3.05) is 0 Å². The van der Waals surface area contributed by atoms with Gasteiger partial charge in [0.15, 0.2) is 0 Å². The van der Waals surface area contributed by atoms with Gasteiger partial charge >= 0.3 is 5.97 Å². The fourth-order valence-electron chi connectivity index (χ4n) is 4.17. The number of nitrogens with zero attached hydrogens (tertiary/aromatic N) is 3. The first-order valence-electron chi connectivity index (χ1n) is 12.0. The van der Waals surface area contributed by atoms with Gasteiger partial charge in [0.05, 0.1) is 11.4 Å². The van der Waals surface area contributed by atoms with Gasteiger partial charge in [0, 0.05) is 17.7 Å². The number of hydrogen-bond donors (Lipinski definition) is 2. The Morgan fingerprint density at radius 1 is 0.973 bits per heavy atom. The summed E-state index contributed by atoms with van der Waals surface area (Å²) < 4.78 is 2.20. The van der Waals surface area contributed by atoms with Crippen LogP contribution in [0.25, 0.3) is 34.3 Å². The molecular weight excluding hydrogens is 480 g/mol. The number of hydrogen-bond acceptors (Lipinski definition) is 4. The van der Waals surface area contributed by atoms with Crippen LogP contribution in [0.15, 0.2) is 101 Å². The Hall–Kier alpha value is -4.36. The van der Waals surface area contributed by atoms with E-state index in [1.54, 1.807) is 6.08 Å². The number of nitrogens with one attached hydrogen (secondary N) is 1. The molecule has 6 nitrogen and oxygen atoms in total. The van der Waals surface area contributed by atoms with Crippen LogP contribution >= 0.6 is 11.8 Å². The molecule has 2 N–H and O–H groups in total. The molecule has 3 aromatic carbocycles. The van der Waals surface area contributed by atoms with E-state index in [0.717, 1.165) is 45.5 Å². The topological polar surface area (TPSA) is 83.8 Å². The summed E-state index contributed by atoms with van der Waals surface area (Å²) in [7, 11) is 0. The first-order chi connectivity index (χ1) is 18.0. The van der Waals surface area contributed by atoms with Gasteiger partial charge in [0.25, 0.3) is 0 Å². The van der Waals surface area contributed by atoms with Crippen LogP contribution < -0.4 is 0 Å². The van der Waals surface area contributed by atoms with Gasteiger partial charge in [0.2, 0.25) is 5.16 Å². The Bertz CT molecular complexity index is 1550. The number of aromatic amines is 1. The van der Waals surface area contributed by atoms with E-state index in [1.165, 1.54) is 5.56 Å². The highest BCUT2D eigenvalue weighted by molar-refractivity contribution is 8.04. The van der Waals surface area contributed by atoms with Gasteiger partial charge < -0.3 is 9.67 Å². The van der Waals surface area contributed by atoms with Crippen LogP contribution in [0.1, 0.15) is 23.9 Å². The van der Waals surface area contributed by atoms with E-state index in [4.69, 9.17) is 0 Å². The molecule has 0 unspecified atom stereocenters. The number of thioether (sulfide) groups is 1. The third-order valence-electron chi connectivity index (χ3n) is 5.98. The zero-order valence-electron chi connectivity index (χ0n) is 20.6. The molecular formula is C30H26N4O2S. The summed E-state index contributed by atoms with van der Waals surface area (Å²) in [6.07, 6.45) is 2.41. The van der Waals surface area contributed by atoms with Gasteiger partial charge in [-0.1, -0.05) is 85.3 Å². The lowest BCUT2D eigenvalue weighted by Crippen LogP contribution is -2.01.